The molecule has 58 heavy (non-hydrogen) atoms. The van der Waals surface area contributed by atoms with Crippen molar-refractivity contribution in [1.82, 2.24) is 0 Å². The lowest BCUT2D eigenvalue weighted by Crippen LogP contribution is -2.15. The van der Waals surface area contributed by atoms with Gasteiger partial charge in [-0.2, -0.15) is 0 Å². The molecule has 2 heterocycles. The second-order valence-corrected chi connectivity index (χ2v) is 17.1. The average molecular weight is 760 g/mol. The van der Waals surface area contributed by atoms with Gasteiger partial charge in [0.05, 0.1) is 16.1 Å². The Kier molecular flexibility index (Phi) is 7.18. The lowest BCUT2D eigenvalue weighted by molar-refractivity contribution is 0.660. The van der Waals surface area contributed by atoms with E-state index in [0.717, 1.165) is 55.5 Å². The molecule has 0 spiro atoms. The van der Waals surface area contributed by atoms with Gasteiger partial charge in [-0.3, -0.25) is 0 Å². The van der Waals surface area contributed by atoms with Crippen LogP contribution in [-0.4, -0.2) is 0 Å². The van der Waals surface area contributed by atoms with E-state index in [0.29, 0.717) is 0 Å². The third kappa shape index (κ3) is 4.77. The minimum Gasteiger partial charge on any atom is -0.455 e. The van der Waals surface area contributed by atoms with E-state index in [1.165, 1.54) is 58.9 Å². The Bertz CT molecular complexity index is 3460. The van der Waals surface area contributed by atoms with Gasteiger partial charge in [-0.05, 0) is 86.8 Å². The zero-order valence-corrected chi connectivity index (χ0v) is 33.0. The third-order valence-electron chi connectivity index (χ3n) is 12.5. The molecule has 3 heteroatoms. The molecule has 2 nitrogen and oxygen atoms in total. The largest absolute Gasteiger partial charge is 0.455 e. The number of hydrogen-bond acceptors (Lipinski definition) is 3. The molecule has 1 aliphatic rings. The van der Waals surface area contributed by atoms with Gasteiger partial charge in [0.15, 0.2) is 0 Å². The van der Waals surface area contributed by atoms with Crippen LogP contribution in [0, 0.1) is 0 Å². The van der Waals surface area contributed by atoms with Crippen LogP contribution in [0.15, 0.2) is 192 Å². The van der Waals surface area contributed by atoms with E-state index in [-0.39, 0.29) is 5.41 Å². The first kappa shape index (κ1) is 33.2. The molecule has 9 aromatic carbocycles. The van der Waals surface area contributed by atoms with E-state index in [9.17, 15) is 0 Å². The minimum absolute atomic E-state index is 0.0991. The third-order valence-corrected chi connectivity index (χ3v) is 13.7. The molecule has 0 saturated heterocycles. The number of furan rings is 1. The highest BCUT2D eigenvalue weighted by Gasteiger charge is 2.37. The molecule has 0 fully saturated rings. The SMILES string of the molecule is CC1(C)c2ccccc2-c2c(-c3ccccc3N(c3cccc(-c4cccc5oc6c7ccccc7ccc6c45)c3)c3cccc4c3sc3ccccc34)cccc21. The Morgan fingerprint density at radius 3 is 2.09 bits per heavy atom. The molecule has 2 aromatic heterocycles. The lowest BCUT2D eigenvalue weighted by atomic mass is 9.82. The monoisotopic (exact) mass is 759 g/mol. The van der Waals surface area contributed by atoms with Gasteiger partial charge in [0.2, 0.25) is 0 Å². The van der Waals surface area contributed by atoms with E-state index in [2.05, 4.69) is 207 Å². The number of para-hydroxylation sites is 1. The summed E-state index contributed by atoms with van der Waals surface area (Å²) in [5.74, 6) is 0. The molecular weight excluding hydrogens is 723 g/mol. The summed E-state index contributed by atoms with van der Waals surface area (Å²) in [6, 6.07) is 68.9. The number of thiophene rings is 1. The van der Waals surface area contributed by atoms with Gasteiger partial charge in [-0.25, -0.2) is 0 Å². The van der Waals surface area contributed by atoms with E-state index in [1.807, 2.05) is 11.3 Å². The zero-order valence-electron chi connectivity index (χ0n) is 32.2. The van der Waals surface area contributed by atoms with Crippen LogP contribution in [0.1, 0.15) is 25.0 Å². The molecule has 0 bridgehead atoms. The molecule has 0 N–H and O–H groups in total. The standard InChI is InChI=1S/C55H37NOS/c1-55(2)45-25-8-5-21-43(45)51-41(23-12-26-46(51)55)39-19-6-9-27-47(39)56(48-28-13-24-42-40-20-7-10-30-50(40)58-54(42)48)36-17-11-16-35(33-36)37-22-14-29-49-52(37)44-32-31-34-15-3-4-18-38(34)53(44)57-49/h3-33H,1-2H3. The van der Waals surface area contributed by atoms with Gasteiger partial charge >= 0.3 is 0 Å². The Hall–Kier alpha value is -6.94. The molecule has 0 aliphatic heterocycles. The van der Waals surface area contributed by atoms with Crippen LogP contribution >= 0.6 is 11.3 Å². The van der Waals surface area contributed by atoms with Crippen LogP contribution in [0.3, 0.4) is 0 Å². The zero-order chi connectivity index (χ0) is 38.5. The molecule has 11 aromatic rings. The Labute approximate surface area is 340 Å². The van der Waals surface area contributed by atoms with Crippen LogP contribution in [0.25, 0.3) is 86.3 Å². The molecule has 0 radical (unpaired) electrons. The maximum absolute atomic E-state index is 6.65. The van der Waals surface area contributed by atoms with Crippen molar-refractivity contribution < 1.29 is 4.42 Å². The van der Waals surface area contributed by atoms with Crippen molar-refractivity contribution in [3.63, 3.8) is 0 Å². The maximum Gasteiger partial charge on any atom is 0.143 e. The average Bonchev–Trinajstić information content (AvgIpc) is 3.93. The highest BCUT2D eigenvalue weighted by Crippen LogP contribution is 2.54. The first-order valence-electron chi connectivity index (χ1n) is 20.0. The van der Waals surface area contributed by atoms with Gasteiger partial charge in [0.25, 0.3) is 0 Å². The number of rotatable bonds is 5. The number of anilines is 3. The van der Waals surface area contributed by atoms with Crippen LogP contribution in [-0.2, 0) is 5.41 Å². The van der Waals surface area contributed by atoms with Gasteiger partial charge in [-0.1, -0.05) is 159 Å². The number of nitrogens with zero attached hydrogens (tertiary/aromatic N) is 1. The van der Waals surface area contributed by atoms with Gasteiger partial charge in [0.1, 0.15) is 11.2 Å². The maximum atomic E-state index is 6.65. The summed E-state index contributed by atoms with van der Waals surface area (Å²) in [7, 11) is 0. The summed E-state index contributed by atoms with van der Waals surface area (Å²) in [5, 5.41) is 7.15. The van der Waals surface area contributed by atoms with Gasteiger partial charge in [-0.15, -0.1) is 11.3 Å². The van der Waals surface area contributed by atoms with E-state index in [4.69, 9.17) is 4.42 Å². The predicted molar refractivity (Wildman–Crippen MR) is 247 cm³/mol. The first-order chi connectivity index (χ1) is 28.5. The van der Waals surface area contributed by atoms with Gasteiger partial charge < -0.3 is 9.32 Å². The minimum atomic E-state index is -0.0991. The van der Waals surface area contributed by atoms with Crippen molar-refractivity contribution in [1.29, 1.82) is 0 Å². The molecule has 0 saturated carbocycles. The van der Waals surface area contributed by atoms with Crippen molar-refractivity contribution in [2.45, 2.75) is 19.3 Å². The summed E-state index contributed by atoms with van der Waals surface area (Å²) < 4.78 is 9.21. The fourth-order valence-electron chi connectivity index (χ4n) is 9.80. The summed E-state index contributed by atoms with van der Waals surface area (Å²) >= 11 is 1.87. The highest BCUT2D eigenvalue weighted by molar-refractivity contribution is 7.26. The quantitative estimate of drug-likeness (QED) is 0.174. The van der Waals surface area contributed by atoms with Crippen molar-refractivity contribution in [3.8, 4) is 33.4 Å². The van der Waals surface area contributed by atoms with E-state index in [1.54, 1.807) is 0 Å². The van der Waals surface area contributed by atoms with E-state index < -0.39 is 0 Å². The Morgan fingerprint density at radius 2 is 1.16 bits per heavy atom. The predicted octanol–water partition coefficient (Wildman–Crippen LogP) is 16.2. The van der Waals surface area contributed by atoms with E-state index >= 15 is 0 Å². The van der Waals surface area contributed by atoms with Crippen LogP contribution in [0.4, 0.5) is 17.1 Å². The Balaban J connectivity index is 1.12. The summed E-state index contributed by atoms with van der Waals surface area (Å²) in [6.07, 6.45) is 0. The molecule has 0 amide bonds. The molecule has 0 unspecified atom stereocenters. The van der Waals surface area contributed by atoms with Crippen LogP contribution < -0.4 is 4.90 Å². The first-order valence-corrected chi connectivity index (χ1v) is 20.8. The fraction of sp³-hybridized carbons (Fsp3) is 0.0545. The lowest BCUT2D eigenvalue weighted by Gasteiger charge is -2.29. The van der Waals surface area contributed by atoms with Crippen molar-refractivity contribution in [2.75, 3.05) is 4.90 Å². The molecule has 274 valence electrons. The van der Waals surface area contributed by atoms with Crippen molar-refractivity contribution >= 4 is 81.3 Å². The van der Waals surface area contributed by atoms with Gasteiger partial charge in [0, 0.05) is 48.3 Å². The van der Waals surface area contributed by atoms with Crippen molar-refractivity contribution in [2.24, 2.45) is 0 Å². The highest BCUT2D eigenvalue weighted by atomic mass is 32.1. The summed E-state index contributed by atoms with van der Waals surface area (Å²) in [6.45, 7) is 4.72. The van der Waals surface area contributed by atoms with Crippen LogP contribution in [0.2, 0.25) is 0 Å². The molecular formula is C55H37NOS. The van der Waals surface area contributed by atoms with Crippen molar-refractivity contribution in [3.05, 3.63) is 199 Å². The Morgan fingerprint density at radius 1 is 0.483 bits per heavy atom. The smallest absolute Gasteiger partial charge is 0.143 e. The second kappa shape index (κ2) is 12.5. The topological polar surface area (TPSA) is 16.4 Å². The number of fused-ring (bicyclic) bond motifs is 11. The normalized spacial score (nSPS) is 13.1. The summed E-state index contributed by atoms with van der Waals surface area (Å²) in [4.78, 5) is 2.50. The molecule has 1 aliphatic carbocycles. The molecule has 12 rings (SSSR count). The molecule has 0 atom stereocenters. The summed E-state index contributed by atoms with van der Waals surface area (Å²) in [5.41, 5.74) is 15.3. The number of benzene rings is 9. The number of hydrogen-bond donors (Lipinski definition) is 0. The van der Waals surface area contributed by atoms with Crippen LogP contribution in [0.5, 0.6) is 0 Å². The second-order valence-electron chi connectivity index (χ2n) is 16.0. The fourth-order valence-corrected chi connectivity index (χ4v) is 11.0.